The van der Waals surface area contributed by atoms with Gasteiger partial charge in [0, 0.05) is 6.07 Å². The SMILES string of the molecule is CCC[C@H](Nc1ccccc1[N+](=O)[O-])C(=O)[O-]. The van der Waals surface area contributed by atoms with E-state index < -0.39 is 16.9 Å². The summed E-state index contributed by atoms with van der Waals surface area (Å²) in [5.41, 5.74) is 0.0509. The molecule has 6 nitrogen and oxygen atoms in total. The van der Waals surface area contributed by atoms with Gasteiger partial charge < -0.3 is 15.2 Å². The molecule has 92 valence electrons. The molecule has 17 heavy (non-hydrogen) atoms. The molecule has 6 heteroatoms. The minimum absolute atomic E-state index is 0.144. The van der Waals surface area contributed by atoms with Gasteiger partial charge in [-0.05, 0) is 12.5 Å². The Morgan fingerprint density at radius 3 is 2.65 bits per heavy atom. The highest BCUT2D eigenvalue weighted by Crippen LogP contribution is 2.24. The van der Waals surface area contributed by atoms with Crippen LogP contribution in [0.15, 0.2) is 24.3 Å². The number of anilines is 1. The molecule has 0 heterocycles. The molecule has 0 radical (unpaired) electrons. The number of benzene rings is 1. The van der Waals surface area contributed by atoms with E-state index in [9.17, 15) is 20.0 Å². The molecule has 0 aromatic heterocycles. The van der Waals surface area contributed by atoms with Gasteiger partial charge in [0.1, 0.15) is 5.69 Å². The number of nitrogens with one attached hydrogen (secondary N) is 1. The number of nitrogens with zero attached hydrogens (tertiary/aromatic N) is 1. The van der Waals surface area contributed by atoms with Gasteiger partial charge in [0.05, 0.1) is 16.9 Å². The van der Waals surface area contributed by atoms with Crippen molar-refractivity contribution in [1.29, 1.82) is 0 Å². The van der Waals surface area contributed by atoms with Crippen LogP contribution in [0.3, 0.4) is 0 Å². The van der Waals surface area contributed by atoms with E-state index in [1.807, 2.05) is 6.92 Å². The second kappa shape index (κ2) is 5.83. The summed E-state index contributed by atoms with van der Waals surface area (Å²) in [6.07, 6.45) is 1.00. The van der Waals surface area contributed by atoms with Crippen LogP contribution in [0.5, 0.6) is 0 Å². The Hall–Kier alpha value is -2.11. The van der Waals surface area contributed by atoms with Crippen LogP contribution in [0.2, 0.25) is 0 Å². The Kier molecular flexibility index (Phi) is 4.45. The zero-order chi connectivity index (χ0) is 12.8. The van der Waals surface area contributed by atoms with Crippen LogP contribution < -0.4 is 10.4 Å². The maximum Gasteiger partial charge on any atom is 0.292 e. The number of aliphatic carboxylic acids is 1. The van der Waals surface area contributed by atoms with Crippen LogP contribution in [0.25, 0.3) is 0 Å². The van der Waals surface area contributed by atoms with Gasteiger partial charge in [-0.2, -0.15) is 0 Å². The lowest BCUT2D eigenvalue weighted by Crippen LogP contribution is -2.40. The fraction of sp³-hybridized carbons (Fsp3) is 0.364. The minimum atomic E-state index is -1.26. The van der Waals surface area contributed by atoms with Crippen molar-refractivity contribution in [2.45, 2.75) is 25.8 Å². The largest absolute Gasteiger partial charge is 0.548 e. The number of hydrogen-bond donors (Lipinski definition) is 1. The Labute approximate surface area is 98.4 Å². The highest BCUT2D eigenvalue weighted by atomic mass is 16.6. The summed E-state index contributed by atoms with van der Waals surface area (Å²) in [7, 11) is 0. The molecule has 0 aliphatic carbocycles. The lowest BCUT2D eigenvalue weighted by atomic mass is 10.1. The average molecular weight is 237 g/mol. The number of carboxylic acid groups (broad SMARTS) is 1. The summed E-state index contributed by atoms with van der Waals surface area (Å²) in [6.45, 7) is 1.83. The van der Waals surface area contributed by atoms with E-state index >= 15 is 0 Å². The lowest BCUT2D eigenvalue weighted by molar-refractivity contribution is -0.384. The highest BCUT2D eigenvalue weighted by Gasteiger charge is 2.16. The molecule has 1 rings (SSSR count). The molecule has 0 amide bonds. The molecular formula is C11H13N2O4-. The summed E-state index contributed by atoms with van der Waals surface area (Å²) in [6, 6.07) is 5.01. The van der Waals surface area contributed by atoms with Gasteiger partial charge in [-0.25, -0.2) is 0 Å². The van der Waals surface area contributed by atoms with Crippen molar-refractivity contribution in [1.82, 2.24) is 0 Å². The fourth-order valence-corrected chi connectivity index (χ4v) is 1.48. The predicted molar refractivity (Wildman–Crippen MR) is 60.4 cm³/mol. The Morgan fingerprint density at radius 1 is 1.47 bits per heavy atom. The predicted octanol–water partition coefficient (Wildman–Crippen LogP) is 0.925. The lowest BCUT2D eigenvalue weighted by Gasteiger charge is -2.19. The molecule has 1 aromatic carbocycles. The van der Waals surface area contributed by atoms with Crippen LogP contribution in [-0.4, -0.2) is 16.9 Å². The summed E-state index contributed by atoms with van der Waals surface area (Å²) in [4.78, 5) is 21.0. The van der Waals surface area contributed by atoms with Crippen molar-refractivity contribution in [2.24, 2.45) is 0 Å². The topological polar surface area (TPSA) is 95.3 Å². The van der Waals surface area contributed by atoms with Crippen molar-refractivity contribution in [3.8, 4) is 0 Å². The molecule has 0 unspecified atom stereocenters. The van der Waals surface area contributed by atoms with Crippen molar-refractivity contribution >= 4 is 17.3 Å². The van der Waals surface area contributed by atoms with Gasteiger partial charge in [-0.15, -0.1) is 0 Å². The van der Waals surface area contributed by atoms with E-state index in [-0.39, 0.29) is 11.4 Å². The zero-order valence-corrected chi connectivity index (χ0v) is 9.38. The second-order valence-electron chi connectivity index (χ2n) is 3.58. The Bertz CT molecular complexity index is 420. The summed E-state index contributed by atoms with van der Waals surface area (Å²) >= 11 is 0. The third kappa shape index (κ3) is 3.44. The number of carbonyl (C=O) groups is 1. The normalized spacial score (nSPS) is 11.8. The maximum absolute atomic E-state index is 10.8. The zero-order valence-electron chi connectivity index (χ0n) is 9.38. The van der Waals surface area contributed by atoms with Gasteiger partial charge in [-0.3, -0.25) is 10.1 Å². The number of nitro benzene ring substituents is 1. The smallest absolute Gasteiger partial charge is 0.292 e. The van der Waals surface area contributed by atoms with Crippen LogP contribution in [0.1, 0.15) is 19.8 Å². The molecule has 0 saturated carbocycles. The monoisotopic (exact) mass is 237 g/mol. The number of rotatable bonds is 6. The van der Waals surface area contributed by atoms with E-state index in [4.69, 9.17) is 0 Å². The molecule has 0 saturated heterocycles. The van der Waals surface area contributed by atoms with E-state index in [0.29, 0.717) is 12.8 Å². The molecule has 0 aliphatic rings. The Balaban J connectivity index is 2.92. The first-order valence-corrected chi connectivity index (χ1v) is 5.27. The van der Waals surface area contributed by atoms with Gasteiger partial charge in [0.15, 0.2) is 0 Å². The standard InChI is InChI=1S/C11H14N2O4/c1-2-5-9(11(14)15)12-8-6-3-4-7-10(8)13(16)17/h3-4,6-7,9,12H,2,5H2,1H3,(H,14,15)/p-1/t9-/m0/s1. The molecule has 0 aliphatic heterocycles. The van der Waals surface area contributed by atoms with Gasteiger partial charge in [-0.1, -0.05) is 25.5 Å². The van der Waals surface area contributed by atoms with Gasteiger partial charge >= 0.3 is 0 Å². The van der Waals surface area contributed by atoms with Crippen LogP contribution in [-0.2, 0) is 4.79 Å². The molecule has 0 bridgehead atoms. The number of para-hydroxylation sites is 2. The van der Waals surface area contributed by atoms with Crippen molar-refractivity contribution in [3.63, 3.8) is 0 Å². The van der Waals surface area contributed by atoms with Gasteiger partial charge in [0.2, 0.25) is 0 Å². The molecule has 1 N–H and O–H groups in total. The van der Waals surface area contributed by atoms with E-state index in [2.05, 4.69) is 5.32 Å². The molecule has 1 atom stereocenters. The van der Waals surface area contributed by atoms with Crippen molar-refractivity contribution in [3.05, 3.63) is 34.4 Å². The van der Waals surface area contributed by atoms with Crippen LogP contribution in [0, 0.1) is 10.1 Å². The van der Waals surface area contributed by atoms with E-state index in [1.54, 1.807) is 6.07 Å². The van der Waals surface area contributed by atoms with Gasteiger partial charge in [0.25, 0.3) is 5.69 Å². The summed E-state index contributed by atoms with van der Waals surface area (Å²) in [5, 5.41) is 24.2. The number of carboxylic acids is 1. The van der Waals surface area contributed by atoms with Crippen molar-refractivity contribution in [2.75, 3.05) is 5.32 Å². The summed E-state index contributed by atoms with van der Waals surface area (Å²) < 4.78 is 0. The first-order valence-electron chi connectivity index (χ1n) is 5.27. The first kappa shape index (κ1) is 13.0. The minimum Gasteiger partial charge on any atom is -0.548 e. The fourth-order valence-electron chi connectivity index (χ4n) is 1.48. The number of carbonyl (C=O) groups excluding carboxylic acids is 1. The van der Waals surface area contributed by atoms with Crippen molar-refractivity contribution < 1.29 is 14.8 Å². The van der Waals surface area contributed by atoms with Crippen LogP contribution >= 0.6 is 0 Å². The van der Waals surface area contributed by atoms with E-state index in [0.717, 1.165) is 0 Å². The van der Waals surface area contributed by atoms with E-state index in [1.165, 1.54) is 18.2 Å². The number of nitro groups is 1. The average Bonchev–Trinajstić information content (AvgIpc) is 2.28. The third-order valence-corrected chi connectivity index (χ3v) is 2.29. The second-order valence-corrected chi connectivity index (χ2v) is 3.58. The first-order chi connectivity index (χ1) is 8.06. The molecule has 0 fully saturated rings. The van der Waals surface area contributed by atoms with Crippen LogP contribution in [0.4, 0.5) is 11.4 Å². The number of hydrogen-bond acceptors (Lipinski definition) is 5. The summed E-state index contributed by atoms with van der Waals surface area (Å²) in [5.74, 6) is -1.26. The molecule has 1 aromatic rings. The molecule has 0 spiro atoms. The highest BCUT2D eigenvalue weighted by molar-refractivity contribution is 5.77. The third-order valence-electron chi connectivity index (χ3n) is 2.29. The molecular weight excluding hydrogens is 224 g/mol. The Morgan fingerprint density at radius 2 is 2.12 bits per heavy atom. The maximum atomic E-state index is 10.8. The quantitative estimate of drug-likeness (QED) is 0.586.